The minimum Gasteiger partial charge on any atom is -0.478 e. The van der Waals surface area contributed by atoms with Gasteiger partial charge in [-0.05, 0) is 31.0 Å². The Morgan fingerprint density at radius 3 is 2.43 bits per heavy atom. The minimum atomic E-state index is -1.05. The molecule has 0 aromatic heterocycles. The number of carboxylic acids is 1. The molecule has 0 unspecified atom stereocenters. The summed E-state index contributed by atoms with van der Waals surface area (Å²) < 4.78 is 0. The number of hydrogen-bond donors (Lipinski definition) is 3. The molecule has 114 valence electrons. The fraction of sp³-hybridized carbons (Fsp3) is 0.400. The molecule has 6 heteroatoms. The lowest BCUT2D eigenvalue weighted by atomic mass is 10.1. The van der Waals surface area contributed by atoms with Gasteiger partial charge in [-0.3, -0.25) is 9.59 Å². The summed E-state index contributed by atoms with van der Waals surface area (Å²) >= 11 is 0. The van der Waals surface area contributed by atoms with Crippen molar-refractivity contribution in [2.24, 2.45) is 0 Å². The number of anilines is 1. The number of aromatic carboxylic acids is 1. The van der Waals surface area contributed by atoms with Gasteiger partial charge in [-0.1, -0.05) is 13.0 Å². The van der Waals surface area contributed by atoms with Crippen LogP contribution in [0.25, 0.3) is 0 Å². The Labute approximate surface area is 123 Å². The van der Waals surface area contributed by atoms with Gasteiger partial charge in [0.25, 0.3) is 0 Å². The normalized spacial score (nSPS) is 10.0. The van der Waals surface area contributed by atoms with Crippen molar-refractivity contribution in [2.75, 3.05) is 11.9 Å². The number of carbonyl (C=O) groups is 3. The molecule has 3 N–H and O–H groups in total. The van der Waals surface area contributed by atoms with Crippen molar-refractivity contribution < 1.29 is 19.5 Å². The highest BCUT2D eigenvalue weighted by molar-refractivity contribution is 5.96. The quantitative estimate of drug-likeness (QED) is 0.715. The molecule has 2 amide bonds. The van der Waals surface area contributed by atoms with Crippen LogP contribution in [0.5, 0.6) is 0 Å². The molecule has 0 atom stereocenters. The maximum Gasteiger partial charge on any atom is 0.335 e. The molecule has 0 heterocycles. The van der Waals surface area contributed by atoms with E-state index in [0.717, 1.165) is 12.0 Å². The summed E-state index contributed by atoms with van der Waals surface area (Å²) in [5.41, 5.74) is 1.33. The van der Waals surface area contributed by atoms with Crippen LogP contribution in [0, 0.1) is 6.92 Å². The van der Waals surface area contributed by atoms with Crippen LogP contribution in [0.3, 0.4) is 0 Å². The van der Waals surface area contributed by atoms with Crippen molar-refractivity contribution in [3.8, 4) is 0 Å². The molecule has 0 bridgehead atoms. The van der Waals surface area contributed by atoms with Crippen molar-refractivity contribution in [3.05, 3.63) is 29.3 Å². The number of benzene rings is 1. The molecule has 0 saturated heterocycles. The maximum absolute atomic E-state index is 11.8. The second-order valence-electron chi connectivity index (χ2n) is 4.73. The van der Waals surface area contributed by atoms with Crippen LogP contribution in [-0.4, -0.2) is 29.4 Å². The Kier molecular flexibility index (Phi) is 6.39. The van der Waals surface area contributed by atoms with Gasteiger partial charge < -0.3 is 15.7 Å². The number of hydrogen-bond acceptors (Lipinski definition) is 3. The van der Waals surface area contributed by atoms with Gasteiger partial charge in [0.1, 0.15) is 0 Å². The van der Waals surface area contributed by atoms with Gasteiger partial charge in [-0.15, -0.1) is 0 Å². The summed E-state index contributed by atoms with van der Waals surface area (Å²) in [4.78, 5) is 34.1. The summed E-state index contributed by atoms with van der Waals surface area (Å²) in [6.07, 6.45) is 1.02. The minimum absolute atomic E-state index is 0.0618. The number of amides is 2. The second-order valence-corrected chi connectivity index (χ2v) is 4.73. The highest BCUT2D eigenvalue weighted by Gasteiger charge is 2.10. The molecule has 1 aromatic carbocycles. The molecule has 0 spiro atoms. The first-order valence-corrected chi connectivity index (χ1v) is 6.84. The van der Waals surface area contributed by atoms with Gasteiger partial charge in [-0.2, -0.15) is 0 Å². The zero-order valence-electron chi connectivity index (χ0n) is 12.2. The molecule has 0 aliphatic carbocycles. The van der Waals surface area contributed by atoms with Crippen molar-refractivity contribution in [2.45, 2.75) is 33.1 Å². The molecule has 0 saturated carbocycles. The number of nitrogens with one attached hydrogen (secondary N) is 2. The van der Waals surface area contributed by atoms with Crippen LogP contribution in [-0.2, 0) is 9.59 Å². The van der Waals surface area contributed by atoms with Gasteiger partial charge in [-0.25, -0.2) is 4.79 Å². The summed E-state index contributed by atoms with van der Waals surface area (Å²) in [5.74, 6) is -1.53. The van der Waals surface area contributed by atoms with Gasteiger partial charge >= 0.3 is 5.97 Å². The van der Waals surface area contributed by atoms with Crippen LogP contribution in [0.1, 0.15) is 42.1 Å². The molecule has 0 radical (unpaired) electrons. The molecule has 0 aliphatic heterocycles. The Morgan fingerprint density at radius 2 is 1.81 bits per heavy atom. The third-order valence-electron chi connectivity index (χ3n) is 2.91. The Bertz CT molecular complexity index is 540. The van der Waals surface area contributed by atoms with E-state index in [1.807, 2.05) is 6.92 Å². The fourth-order valence-electron chi connectivity index (χ4n) is 1.68. The fourth-order valence-corrected chi connectivity index (χ4v) is 1.68. The van der Waals surface area contributed by atoms with Crippen LogP contribution < -0.4 is 10.6 Å². The smallest absolute Gasteiger partial charge is 0.335 e. The van der Waals surface area contributed by atoms with Gasteiger partial charge in [0.15, 0.2) is 0 Å². The largest absolute Gasteiger partial charge is 0.478 e. The second kappa shape index (κ2) is 8.04. The van der Waals surface area contributed by atoms with Crippen molar-refractivity contribution >= 4 is 23.5 Å². The lowest BCUT2D eigenvalue weighted by molar-refractivity contribution is -0.124. The molecule has 6 nitrogen and oxygen atoms in total. The molecule has 0 aliphatic rings. The van der Waals surface area contributed by atoms with E-state index in [1.54, 1.807) is 13.0 Å². The predicted molar refractivity (Wildman–Crippen MR) is 79.3 cm³/mol. The van der Waals surface area contributed by atoms with E-state index in [0.29, 0.717) is 12.2 Å². The third-order valence-corrected chi connectivity index (χ3v) is 2.91. The van der Waals surface area contributed by atoms with Crippen LogP contribution >= 0.6 is 0 Å². The van der Waals surface area contributed by atoms with Crippen molar-refractivity contribution in [1.29, 1.82) is 0 Å². The summed E-state index contributed by atoms with van der Waals surface area (Å²) in [7, 11) is 0. The summed E-state index contributed by atoms with van der Waals surface area (Å²) in [6, 6.07) is 4.52. The molecule has 1 aromatic rings. The van der Waals surface area contributed by atoms with Gasteiger partial charge in [0.05, 0.1) is 5.56 Å². The zero-order valence-corrected chi connectivity index (χ0v) is 12.2. The lowest BCUT2D eigenvalue weighted by Gasteiger charge is -2.09. The number of aryl methyl sites for hydroxylation is 1. The van der Waals surface area contributed by atoms with Crippen LogP contribution in [0.4, 0.5) is 5.69 Å². The van der Waals surface area contributed by atoms with E-state index in [2.05, 4.69) is 10.6 Å². The van der Waals surface area contributed by atoms with Gasteiger partial charge in [0.2, 0.25) is 11.8 Å². The number of carbonyl (C=O) groups excluding carboxylic acids is 2. The first kappa shape index (κ1) is 16.7. The first-order chi connectivity index (χ1) is 9.93. The Morgan fingerprint density at radius 1 is 1.14 bits per heavy atom. The Hall–Kier alpha value is -2.37. The van der Waals surface area contributed by atoms with E-state index < -0.39 is 5.97 Å². The van der Waals surface area contributed by atoms with E-state index in [4.69, 9.17) is 5.11 Å². The predicted octanol–water partition coefficient (Wildman–Crippen LogP) is 1.94. The monoisotopic (exact) mass is 292 g/mol. The molecule has 1 rings (SSSR count). The highest BCUT2D eigenvalue weighted by Crippen LogP contribution is 2.17. The van der Waals surface area contributed by atoms with E-state index in [9.17, 15) is 14.4 Å². The maximum atomic E-state index is 11.8. The average molecular weight is 292 g/mol. The van der Waals surface area contributed by atoms with Crippen molar-refractivity contribution in [1.82, 2.24) is 5.32 Å². The van der Waals surface area contributed by atoms with Crippen LogP contribution in [0.15, 0.2) is 18.2 Å². The Balaban J connectivity index is 2.56. The SMILES string of the molecule is CCCNC(=O)CCC(=O)Nc1cc(C(=O)O)ccc1C. The lowest BCUT2D eigenvalue weighted by Crippen LogP contribution is -2.25. The van der Waals surface area contributed by atoms with Crippen LogP contribution in [0.2, 0.25) is 0 Å². The summed E-state index contributed by atoms with van der Waals surface area (Å²) in [6.45, 7) is 4.32. The standard InChI is InChI=1S/C15H20N2O4/c1-3-8-16-13(18)6-7-14(19)17-12-9-11(15(20)21)5-4-10(12)2/h4-5,9H,3,6-8H2,1-2H3,(H,16,18)(H,17,19)(H,20,21). The number of carboxylic acid groups (broad SMARTS) is 1. The van der Waals surface area contributed by atoms with E-state index in [-0.39, 0.29) is 30.2 Å². The molecular weight excluding hydrogens is 272 g/mol. The van der Waals surface area contributed by atoms with E-state index in [1.165, 1.54) is 12.1 Å². The first-order valence-electron chi connectivity index (χ1n) is 6.84. The zero-order chi connectivity index (χ0) is 15.8. The summed E-state index contributed by atoms with van der Waals surface area (Å²) in [5, 5.41) is 14.3. The topological polar surface area (TPSA) is 95.5 Å². The van der Waals surface area contributed by atoms with E-state index >= 15 is 0 Å². The molecule has 0 fully saturated rings. The molecular formula is C15H20N2O4. The van der Waals surface area contributed by atoms with Gasteiger partial charge in [0, 0.05) is 25.1 Å². The number of rotatable bonds is 7. The third kappa shape index (κ3) is 5.64. The highest BCUT2D eigenvalue weighted by atomic mass is 16.4. The average Bonchev–Trinajstić information content (AvgIpc) is 2.45. The molecule has 21 heavy (non-hydrogen) atoms. The van der Waals surface area contributed by atoms with Crippen molar-refractivity contribution in [3.63, 3.8) is 0 Å².